The molecule has 3 nitrogen and oxygen atoms in total. The van der Waals surface area contributed by atoms with Crippen LogP contribution in [0.1, 0.15) is 32.1 Å². The lowest BCUT2D eigenvalue weighted by Crippen LogP contribution is -2.52. The van der Waals surface area contributed by atoms with Gasteiger partial charge in [-0.05, 0) is 26.9 Å². The van der Waals surface area contributed by atoms with Crippen LogP contribution in [0.15, 0.2) is 0 Å². The van der Waals surface area contributed by atoms with Crippen molar-refractivity contribution in [1.29, 1.82) is 0 Å². The van der Waals surface area contributed by atoms with E-state index in [0.717, 1.165) is 25.7 Å². The lowest BCUT2D eigenvalue weighted by atomic mass is 9.81. The molecule has 1 aliphatic rings. The summed E-state index contributed by atoms with van der Waals surface area (Å²) in [6, 6.07) is 0. The van der Waals surface area contributed by atoms with Crippen molar-refractivity contribution in [2.24, 2.45) is 0 Å². The van der Waals surface area contributed by atoms with Gasteiger partial charge in [-0.15, -0.1) is 0 Å². The van der Waals surface area contributed by atoms with Gasteiger partial charge in [0.25, 0.3) is 0 Å². The maximum atomic E-state index is 11.1. The average molecular weight is 171 g/mol. The van der Waals surface area contributed by atoms with E-state index in [-0.39, 0.29) is 0 Å². The summed E-state index contributed by atoms with van der Waals surface area (Å²) in [5.41, 5.74) is -0.571. The van der Waals surface area contributed by atoms with Crippen LogP contribution in [0, 0.1) is 0 Å². The first-order valence-electron chi connectivity index (χ1n) is 4.50. The fraction of sp³-hybridized carbons (Fsp3) is 0.889. The van der Waals surface area contributed by atoms with Crippen molar-refractivity contribution in [2.75, 3.05) is 14.1 Å². The third-order valence-electron chi connectivity index (χ3n) is 2.93. The molecular formula is C9H17NO2. The molecular weight excluding hydrogens is 154 g/mol. The molecule has 1 aliphatic carbocycles. The van der Waals surface area contributed by atoms with Crippen molar-refractivity contribution < 1.29 is 9.90 Å². The van der Waals surface area contributed by atoms with Gasteiger partial charge in [0, 0.05) is 0 Å². The number of hydrogen-bond donors (Lipinski definition) is 1. The Morgan fingerprint density at radius 2 is 1.75 bits per heavy atom. The molecule has 0 aliphatic heterocycles. The van der Waals surface area contributed by atoms with Crippen molar-refractivity contribution in [3.8, 4) is 0 Å². The molecule has 0 aromatic carbocycles. The fourth-order valence-electron chi connectivity index (χ4n) is 1.99. The normalized spacial score (nSPS) is 22.6. The number of hydrogen-bond acceptors (Lipinski definition) is 2. The predicted molar refractivity (Wildman–Crippen MR) is 47.1 cm³/mol. The van der Waals surface area contributed by atoms with Crippen molar-refractivity contribution in [3.05, 3.63) is 0 Å². The molecule has 0 aromatic heterocycles. The SMILES string of the molecule is CN(C)C1(C(=O)O)CCCCC1. The Morgan fingerprint density at radius 3 is 2.00 bits per heavy atom. The largest absolute Gasteiger partial charge is 0.480 e. The van der Waals surface area contributed by atoms with Gasteiger partial charge in [0.2, 0.25) is 0 Å². The minimum absolute atomic E-state index is 0.571. The van der Waals surface area contributed by atoms with E-state index in [4.69, 9.17) is 5.11 Å². The lowest BCUT2D eigenvalue weighted by molar-refractivity contribution is -0.152. The van der Waals surface area contributed by atoms with E-state index in [2.05, 4.69) is 0 Å². The van der Waals surface area contributed by atoms with Crippen LogP contribution < -0.4 is 0 Å². The number of nitrogens with zero attached hydrogens (tertiary/aromatic N) is 1. The molecule has 0 spiro atoms. The smallest absolute Gasteiger partial charge is 0.324 e. The Balaban J connectivity index is 2.77. The summed E-state index contributed by atoms with van der Waals surface area (Å²) in [4.78, 5) is 12.9. The lowest BCUT2D eigenvalue weighted by Gasteiger charge is -2.38. The predicted octanol–water partition coefficient (Wildman–Crippen LogP) is 1.34. The standard InChI is InChI=1S/C9H17NO2/c1-10(2)9(8(11)12)6-4-3-5-7-9/h3-7H2,1-2H3,(H,11,12). The third kappa shape index (κ3) is 1.46. The Hall–Kier alpha value is -0.570. The second-order valence-corrected chi connectivity index (χ2v) is 3.79. The number of likely N-dealkylation sites (N-methyl/N-ethyl adjacent to an activating group) is 1. The summed E-state index contributed by atoms with van der Waals surface area (Å²) in [6.07, 6.45) is 4.88. The number of carbonyl (C=O) groups is 1. The van der Waals surface area contributed by atoms with Crippen LogP contribution >= 0.6 is 0 Å². The van der Waals surface area contributed by atoms with Gasteiger partial charge in [-0.3, -0.25) is 9.69 Å². The summed E-state index contributed by atoms with van der Waals surface area (Å²) >= 11 is 0. The Kier molecular flexibility index (Phi) is 2.73. The number of rotatable bonds is 2. The molecule has 0 bridgehead atoms. The summed E-state index contributed by atoms with van der Waals surface area (Å²) in [5.74, 6) is -0.660. The number of aliphatic carboxylic acids is 1. The molecule has 0 aromatic rings. The highest BCUT2D eigenvalue weighted by Crippen LogP contribution is 2.32. The maximum absolute atomic E-state index is 11.1. The van der Waals surface area contributed by atoms with Crippen LogP contribution in [0.5, 0.6) is 0 Å². The van der Waals surface area contributed by atoms with Crippen molar-refractivity contribution in [2.45, 2.75) is 37.6 Å². The minimum Gasteiger partial charge on any atom is -0.480 e. The molecule has 70 valence electrons. The van der Waals surface area contributed by atoms with E-state index in [1.54, 1.807) is 0 Å². The zero-order valence-electron chi connectivity index (χ0n) is 7.84. The van der Waals surface area contributed by atoms with Gasteiger partial charge in [-0.1, -0.05) is 19.3 Å². The van der Waals surface area contributed by atoms with Crippen LogP contribution in [-0.4, -0.2) is 35.6 Å². The highest BCUT2D eigenvalue weighted by atomic mass is 16.4. The van der Waals surface area contributed by atoms with Gasteiger partial charge >= 0.3 is 5.97 Å². The second-order valence-electron chi connectivity index (χ2n) is 3.79. The molecule has 0 saturated heterocycles. The first-order chi connectivity index (χ1) is 5.59. The number of carboxylic acid groups (broad SMARTS) is 1. The number of carboxylic acids is 1. The molecule has 0 unspecified atom stereocenters. The van der Waals surface area contributed by atoms with E-state index < -0.39 is 11.5 Å². The van der Waals surface area contributed by atoms with Crippen LogP contribution in [0.25, 0.3) is 0 Å². The fourth-order valence-corrected chi connectivity index (χ4v) is 1.99. The highest BCUT2D eigenvalue weighted by molar-refractivity contribution is 5.78. The van der Waals surface area contributed by atoms with E-state index >= 15 is 0 Å². The molecule has 0 amide bonds. The molecule has 0 heterocycles. The van der Waals surface area contributed by atoms with Gasteiger partial charge < -0.3 is 5.11 Å². The van der Waals surface area contributed by atoms with Crippen molar-refractivity contribution in [3.63, 3.8) is 0 Å². The van der Waals surface area contributed by atoms with Gasteiger partial charge in [0.1, 0.15) is 5.54 Å². The van der Waals surface area contributed by atoms with Crippen LogP contribution in [0.3, 0.4) is 0 Å². The van der Waals surface area contributed by atoms with Gasteiger partial charge in [-0.2, -0.15) is 0 Å². The monoisotopic (exact) mass is 171 g/mol. The zero-order chi connectivity index (χ0) is 9.19. The molecule has 12 heavy (non-hydrogen) atoms. The van der Waals surface area contributed by atoms with Crippen LogP contribution in [0.4, 0.5) is 0 Å². The van der Waals surface area contributed by atoms with E-state index in [0.29, 0.717) is 0 Å². The summed E-state index contributed by atoms with van der Waals surface area (Å²) in [7, 11) is 3.72. The maximum Gasteiger partial charge on any atom is 0.324 e. The topological polar surface area (TPSA) is 40.5 Å². The average Bonchev–Trinajstić information content (AvgIpc) is 2.05. The zero-order valence-corrected chi connectivity index (χ0v) is 7.84. The summed E-state index contributed by atoms with van der Waals surface area (Å²) < 4.78 is 0. The Bertz CT molecular complexity index is 171. The first-order valence-corrected chi connectivity index (χ1v) is 4.50. The van der Waals surface area contributed by atoms with Crippen molar-refractivity contribution >= 4 is 5.97 Å². The highest BCUT2D eigenvalue weighted by Gasteiger charge is 2.41. The second kappa shape index (κ2) is 3.44. The van der Waals surface area contributed by atoms with E-state index in [1.165, 1.54) is 6.42 Å². The summed E-state index contributed by atoms with van der Waals surface area (Å²) in [5, 5.41) is 9.12. The van der Waals surface area contributed by atoms with E-state index in [9.17, 15) is 4.79 Å². The van der Waals surface area contributed by atoms with Gasteiger partial charge in [-0.25, -0.2) is 0 Å². The van der Waals surface area contributed by atoms with Gasteiger partial charge in [0.15, 0.2) is 0 Å². The molecule has 1 saturated carbocycles. The minimum atomic E-state index is -0.660. The molecule has 0 radical (unpaired) electrons. The Labute approximate surface area is 73.4 Å². The quantitative estimate of drug-likeness (QED) is 0.681. The van der Waals surface area contributed by atoms with Gasteiger partial charge in [0.05, 0.1) is 0 Å². The molecule has 1 fully saturated rings. The first kappa shape index (κ1) is 9.52. The molecule has 3 heteroatoms. The van der Waals surface area contributed by atoms with E-state index in [1.807, 2.05) is 19.0 Å². The molecule has 1 rings (SSSR count). The van der Waals surface area contributed by atoms with Crippen molar-refractivity contribution in [1.82, 2.24) is 4.90 Å². The van der Waals surface area contributed by atoms with Crippen LogP contribution in [-0.2, 0) is 4.79 Å². The Morgan fingerprint density at radius 1 is 1.25 bits per heavy atom. The molecule has 0 atom stereocenters. The van der Waals surface area contributed by atoms with Crippen LogP contribution in [0.2, 0.25) is 0 Å². The molecule has 1 N–H and O–H groups in total. The summed E-state index contributed by atoms with van der Waals surface area (Å²) in [6.45, 7) is 0. The third-order valence-corrected chi connectivity index (χ3v) is 2.93.